The third-order valence-corrected chi connectivity index (χ3v) is 4.74. The van der Waals surface area contributed by atoms with Gasteiger partial charge in [-0.25, -0.2) is 9.59 Å². The largest absolute Gasteiger partial charge is 0.420 e. The van der Waals surface area contributed by atoms with Crippen LogP contribution in [0.15, 0.2) is 45.6 Å². The predicted octanol–water partition coefficient (Wildman–Crippen LogP) is 4.31. The zero-order valence-corrected chi connectivity index (χ0v) is 14.8. The molecule has 0 saturated heterocycles. The molecule has 134 valence electrons. The normalized spacial score (nSPS) is 13.2. The number of rotatable bonds is 3. The molecule has 1 aliphatic carbocycles. The number of nitrogens with zero attached hydrogens (tertiary/aromatic N) is 1. The molecule has 0 aliphatic heterocycles. The first kappa shape index (κ1) is 16.4. The van der Waals surface area contributed by atoms with Gasteiger partial charge < -0.3 is 15.1 Å². The number of oxazole rings is 1. The van der Waals surface area contributed by atoms with Crippen molar-refractivity contribution in [3.8, 4) is 0 Å². The number of benzene rings is 2. The van der Waals surface area contributed by atoms with Gasteiger partial charge in [0.25, 0.3) is 0 Å². The lowest BCUT2D eigenvalue weighted by molar-refractivity contribution is 0.262. The number of nitrogens with one attached hydrogen (secondary N) is 2. The number of hydrogen-bond donors (Lipinski definition) is 2. The van der Waals surface area contributed by atoms with Gasteiger partial charge in [-0.2, -0.15) is 0 Å². The van der Waals surface area contributed by atoms with E-state index in [1.54, 1.807) is 22.8 Å². The molecule has 1 aromatic heterocycles. The number of aryl methyl sites for hydroxylation is 2. The topological polar surface area (TPSA) is 76.3 Å². The zero-order chi connectivity index (χ0) is 18.3. The summed E-state index contributed by atoms with van der Waals surface area (Å²) in [5, 5.41) is 5.64. The van der Waals surface area contributed by atoms with Gasteiger partial charge in [0.2, 0.25) is 0 Å². The molecular formula is C20H21N3O3. The maximum absolute atomic E-state index is 12.3. The number of hydrogen-bond acceptors (Lipinski definition) is 3. The van der Waals surface area contributed by atoms with Crippen LogP contribution in [-0.2, 0) is 12.8 Å². The van der Waals surface area contributed by atoms with Gasteiger partial charge >= 0.3 is 11.8 Å². The number of fused-ring (bicyclic) bond motifs is 2. The van der Waals surface area contributed by atoms with Crippen LogP contribution in [0.2, 0.25) is 0 Å². The molecular weight excluding hydrogens is 330 g/mol. The van der Waals surface area contributed by atoms with E-state index in [9.17, 15) is 9.59 Å². The van der Waals surface area contributed by atoms with E-state index in [0.29, 0.717) is 11.3 Å². The molecule has 1 aliphatic rings. The van der Waals surface area contributed by atoms with Crippen LogP contribution in [0.3, 0.4) is 0 Å². The van der Waals surface area contributed by atoms with Crippen LogP contribution in [0.5, 0.6) is 0 Å². The van der Waals surface area contributed by atoms with Crippen molar-refractivity contribution in [3.05, 3.63) is 58.1 Å². The van der Waals surface area contributed by atoms with Crippen LogP contribution >= 0.6 is 0 Å². The molecule has 1 heterocycles. The molecule has 0 atom stereocenters. The summed E-state index contributed by atoms with van der Waals surface area (Å²) >= 11 is 0. The standard InChI is InChI=1S/C20H21N3O3/c1-12(2)23-17-9-8-16(11-18(17)26-20(23)25)22-19(24)21-15-7-6-13-4-3-5-14(13)10-15/h6-12H,3-5H2,1-2H3,(H2,21,22,24). The Labute approximate surface area is 150 Å². The predicted molar refractivity (Wildman–Crippen MR) is 102 cm³/mol. The molecule has 0 spiro atoms. The average molecular weight is 351 g/mol. The van der Waals surface area contributed by atoms with E-state index in [-0.39, 0.29) is 12.1 Å². The van der Waals surface area contributed by atoms with Crippen molar-refractivity contribution in [2.24, 2.45) is 0 Å². The van der Waals surface area contributed by atoms with Crippen molar-refractivity contribution >= 4 is 28.5 Å². The molecule has 0 radical (unpaired) electrons. The van der Waals surface area contributed by atoms with Gasteiger partial charge in [0.1, 0.15) is 0 Å². The second-order valence-corrected chi connectivity index (χ2v) is 6.93. The van der Waals surface area contributed by atoms with Crippen LogP contribution in [0.25, 0.3) is 11.1 Å². The highest BCUT2D eigenvalue weighted by Gasteiger charge is 2.14. The Morgan fingerprint density at radius 1 is 1.04 bits per heavy atom. The summed E-state index contributed by atoms with van der Waals surface area (Å²) in [6.07, 6.45) is 3.35. The number of urea groups is 1. The van der Waals surface area contributed by atoms with Crippen molar-refractivity contribution in [1.82, 2.24) is 4.57 Å². The number of aromatic nitrogens is 1. The van der Waals surface area contributed by atoms with E-state index in [2.05, 4.69) is 16.7 Å². The Morgan fingerprint density at radius 3 is 2.50 bits per heavy atom. The average Bonchev–Trinajstić information content (AvgIpc) is 3.16. The molecule has 6 heteroatoms. The number of amides is 2. The van der Waals surface area contributed by atoms with Gasteiger partial charge in [-0.1, -0.05) is 6.07 Å². The van der Waals surface area contributed by atoms with Crippen molar-refractivity contribution in [2.45, 2.75) is 39.2 Å². The minimum atomic E-state index is -0.394. The lowest BCUT2D eigenvalue weighted by atomic mass is 10.1. The van der Waals surface area contributed by atoms with Crippen LogP contribution in [0, 0.1) is 0 Å². The number of carbonyl (C=O) groups is 1. The number of anilines is 2. The van der Waals surface area contributed by atoms with E-state index in [1.807, 2.05) is 26.0 Å². The molecule has 3 aromatic rings. The minimum Gasteiger partial charge on any atom is -0.408 e. The molecule has 2 amide bonds. The fourth-order valence-corrected chi connectivity index (χ4v) is 3.55. The van der Waals surface area contributed by atoms with Crippen LogP contribution in [-0.4, -0.2) is 10.6 Å². The molecule has 26 heavy (non-hydrogen) atoms. The maximum atomic E-state index is 12.3. The van der Waals surface area contributed by atoms with E-state index in [1.165, 1.54) is 17.5 Å². The number of carbonyl (C=O) groups excluding carboxylic acids is 1. The Hall–Kier alpha value is -3.02. The Balaban J connectivity index is 1.51. The summed E-state index contributed by atoms with van der Waals surface area (Å²) in [5.41, 5.74) is 5.20. The smallest absolute Gasteiger partial charge is 0.408 e. The summed E-state index contributed by atoms with van der Waals surface area (Å²) in [5.74, 6) is -0.394. The molecule has 0 saturated carbocycles. The quantitative estimate of drug-likeness (QED) is 0.738. The van der Waals surface area contributed by atoms with Gasteiger partial charge in [-0.15, -0.1) is 0 Å². The van der Waals surface area contributed by atoms with Gasteiger partial charge in [0.15, 0.2) is 5.58 Å². The summed E-state index contributed by atoms with van der Waals surface area (Å²) in [6, 6.07) is 10.9. The second kappa shape index (κ2) is 6.37. The Kier molecular flexibility index (Phi) is 4.03. The minimum absolute atomic E-state index is 0.00525. The zero-order valence-electron chi connectivity index (χ0n) is 14.8. The lowest BCUT2D eigenvalue weighted by Gasteiger charge is -2.10. The Morgan fingerprint density at radius 2 is 1.73 bits per heavy atom. The Bertz CT molecular complexity index is 1050. The van der Waals surface area contributed by atoms with Crippen LogP contribution in [0.4, 0.5) is 16.2 Å². The van der Waals surface area contributed by atoms with E-state index >= 15 is 0 Å². The highest BCUT2D eigenvalue weighted by Crippen LogP contribution is 2.25. The molecule has 2 N–H and O–H groups in total. The maximum Gasteiger partial charge on any atom is 0.420 e. The van der Waals surface area contributed by atoms with Crippen molar-refractivity contribution < 1.29 is 9.21 Å². The van der Waals surface area contributed by atoms with Gasteiger partial charge in [-0.3, -0.25) is 4.57 Å². The van der Waals surface area contributed by atoms with Crippen molar-refractivity contribution in [1.29, 1.82) is 0 Å². The summed E-state index contributed by atoms with van der Waals surface area (Å²) in [7, 11) is 0. The van der Waals surface area contributed by atoms with Gasteiger partial charge in [0.05, 0.1) is 5.52 Å². The second-order valence-electron chi connectivity index (χ2n) is 6.93. The molecule has 6 nitrogen and oxygen atoms in total. The van der Waals surface area contributed by atoms with Crippen LogP contribution < -0.4 is 16.4 Å². The monoisotopic (exact) mass is 351 g/mol. The SMILES string of the molecule is CC(C)n1c(=O)oc2cc(NC(=O)Nc3ccc4c(c3)CCC4)ccc21. The van der Waals surface area contributed by atoms with Gasteiger partial charge in [-0.05, 0) is 68.5 Å². The molecule has 4 rings (SSSR count). The fraction of sp³-hybridized carbons (Fsp3) is 0.300. The molecule has 2 aromatic carbocycles. The summed E-state index contributed by atoms with van der Waals surface area (Å²) in [6.45, 7) is 3.85. The first-order valence-corrected chi connectivity index (χ1v) is 8.86. The highest BCUT2D eigenvalue weighted by atomic mass is 16.4. The third kappa shape index (κ3) is 2.98. The first-order chi connectivity index (χ1) is 12.5. The molecule has 0 unspecified atom stereocenters. The highest BCUT2D eigenvalue weighted by molar-refractivity contribution is 6.00. The van der Waals surface area contributed by atoms with Crippen LogP contribution in [0.1, 0.15) is 37.4 Å². The van der Waals surface area contributed by atoms with E-state index in [0.717, 1.165) is 24.0 Å². The van der Waals surface area contributed by atoms with Crippen molar-refractivity contribution in [3.63, 3.8) is 0 Å². The van der Waals surface area contributed by atoms with Gasteiger partial charge in [0, 0.05) is 23.5 Å². The van der Waals surface area contributed by atoms with E-state index < -0.39 is 5.76 Å². The van der Waals surface area contributed by atoms with Crippen molar-refractivity contribution in [2.75, 3.05) is 10.6 Å². The summed E-state index contributed by atoms with van der Waals surface area (Å²) in [4.78, 5) is 24.2. The molecule has 0 fully saturated rings. The third-order valence-electron chi connectivity index (χ3n) is 4.74. The summed E-state index contributed by atoms with van der Waals surface area (Å²) < 4.78 is 6.87. The first-order valence-electron chi connectivity index (χ1n) is 8.86. The lowest BCUT2D eigenvalue weighted by Crippen LogP contribution is -2.19. The fourth-order valence-electron chi connectivity index (χ4n) is 3.55. The molecule has 0 bridgehead atoms. The van der Waals surface area contributed by atoms with E-state index in [4.69, 9.17) is 4.42 Å².